The van der Waals surface area contributed by atoms with Crippen LogP contribution in [0.4, 0.5) is 0 Å². The Kier molecular flexibility index (Phi) is 5.20. The van der Waals surface area contributed by atoms with Crippen molar-refractivity contribution in [2.45, 2.75) is 26.2 Å². The topological polar surface area (TPSA) is 106 Å². The van der Waals surface area contributed by atoms with Crippen molar-refractivity contribution < 1.29 is 24.1 Å². The Morgan fingerprint density at radius 2 is 2.19 bits per heavy atom. The lowest BCUT2D eigenvalue weighted by molar-refractivity contribution is -0.129. The number of ether oxygens (including phenoxy) is 1. The van der Waals surface area contributed by atoms with Gasteiger partial charge in [0.1, 0.15) is 17.1 Å². The molecule has 0 spiro atoms. The van der Waals surface area contributed by atoms with Gasteiger partial charge in [0, 0.05) is 13.1 Å². The number of hydrogen-bond donors (Lipinski definition) is 1. The second-order valence-corrected chi connectivity index (χ2v) is 6.50. The number of rotatable bonds is 6. The molecule has 1 unspecified atom stereocenters. The summed E-state index contributed by atoms with van der Waals surface area (Å²) in [7, 11) is 1.57. The standard InChI is InChI=1S/C18H21N3O5/c1-11-15(20-26-19-11)9-17(22)21-6-5-12(10-21)7-14-8-13(18(23)24)3-4-16(14)25-2/h3-4,8,12H,5-7,9-10H2,1-2H3,(H,23,24). The fourth-order valence-electron chi connectivity index (χ4n) is 3.27. The lowest BCUT2D eigenvalue weighted by Gasteiger charge is -2.17. The summed E-state index contributed by atoms with van der Waals surface area (Å²) in [6.07, 6.45) is 1.71. The Balaban J connectivity index is 1.64. The maximum Gasteiger partial charge on any atom is 0.335 e. The van der Waals surface area contributed by atoms with E-state index in [9.17, 15) is 14.7 Å². The normalized spacial score (nSPS) is 16.7. The molecule has 0 radical (unpaired) electrons. The lowest BCUT2D eigenvalue weighted by Crippen LogP contribution is -2.30. The molecule has 1 aromatic carbocycles. The highest BCUT2D eigenvalue weighted by atomic mass is 16.6. The molecule has 8 heteroatoms. The van der Waals surface area contributed by atoms with Gasteiger partial charge in [-0.25, -0.2) is 9.42 Å². The summed E-state index contributed by atoms with van der Waals surface area (Å²) < 4.78 is 9.98. The highest BCUT2D eigenvalue weighted by Crippen LogP contribution is 2.27. The van der Waals surface area contributed by atoms with Gasteiger partial charge in [0.2, 0.25) is 5.91 Å². The van der Waals surface area contributed by atoms with Gasteiger partial charge in [-0.3, -0.25) is 4.79 Å². The van der Waals surface area contributed by atoms with Crippen LogP contribution in [0.2, 0.25) is 0 Å². The van der Waals surface area contributed by atoms with Gasteiger partial charge in [-0.1, -0.05) is 10.3 Å². The summed E-state index contributed by atoms with van der Waals surface area (Å²) in [4.78, 5) is 25.5. The number of carboxylic acids is 1. The Hall–Kier alpha value is -2.90. The number of aromatic nitrogens is 2. The number of methoxy groups -OCH3 is 1. The number of hydrogen-bond acceptors (Lipinski definition) is 6. The number of aryl methyl sites for hydroxylation is 1. The van der Waals surface area contributed by atoms with Crippen LogP contribution in [-0.4, -0.2) is 52.4 Å². The third-order valence-corrected chi connectivity index (χ3v) is 4.74. The zero-order valence-corrected chi connectivity index (χ0v) is 14.8. The van der Waals surface area contributed by atoms with Gasteiger partial charge in [-0.2, -0.15) is 0 Å². The van der Waals surface area contributed by atoms with E-state index in [2.05, 4.69) is 14.9 Å². The van der Waals surface area contributed by atoms with Gasteiger partial charge >= 0.3 is 5.97 Å². The van der Waals surface area contributed by atoms with Crippen molar-refractivity contribution in [3.63, 3.8) is 0 Å². The molecule has 1 atom stereocenters. The summed E-state index contributed by atoms with van der Waals surface area (Å²) in [6.45, 7) is 3.06. The largest absolute Gasteiger partial charge is 0.496 e. The maximum absolute atomic E-state index is 12.4. The van der Waals surface area contributed by atoms with Crippen molar-refractivity contribution in [1.82, 2.24) is 15.2 Å². The molecule has 1 aliphatic heterocycles. The van der Waals surface area contributed by atoms with E-state index in [0.717, 1.165) is 12.0 Å². The summed E-state index contributed by atoms with van der Waals surface area (Å²) >= 11 is 0. The van der Waals surface area contributed by atoms with Crippen molar-refractivity contribution in [3.8, 4) is 5.75 Å². The predicted octanol–water partition coefficient (Wildman–Crippen LogP) is 1.72. The molecule has 0 bridgehead atoms. The van der Waals surface area contributed by atoms with E-state index < -0.39 is 5.97 Å². The smallest absolute Gasteiger partial charge is 0.335 e. The molecule has 2 heterocycles. The average Bonchev–Trinajstić information content (AvgIpc) is 3.24. The molecule has 1 fully saturated rings. The second kappa shape index (κ2) is 7.55. The zero-order chi connectivity index (χ0) is 18.7. The van der Waals surface area contributed by atoms with Crippen LogP contribution in [0.15, 0.2) is 22.8 Å². The number of nitrogens with zero attached hydrogens (tertiary/aromatic N) is 3. The fraction of sp³-hybridized carbons (Fsp3) is 0.444. The molecule has 1 amide bonds. The Bertz CT molecular complexity index is 817. The molecule has 1 saturated heterocycles. The molecular formula is C18H21N3O5. The average molecular weight is 359 g/mol. The van der Waals surface area contributed by atoms with Crippen LogP contribution in [0.1, 0.15) is 33.7 Å². The van der Waals surface area contributed by atoms with Crippen LogP contribution in [-0.2, 0) is 17.6 Å². The molecule has 8 nitrogen and oxygen atoms in total. The Morgan fingerprint density at radius 1 is 1.38 bits per heavy atom. The summed E-state index contributed by atoms with van der Waals surface area (Å²) in [5.74, 6) is -0.0382. The molecular weight excluding hydrogens is 338 g/mol. The molecule has 0 saturated carbocycles. The quantitative estimate of drug-likeness (QED) is 0.837. The number of carboxylic acid groups (broad SMARTS) is 1. The number of carbonyl (C=O) groups excluding carboxylic acids is 1. The SMILES string of the molecule is COc1ccc(C(=O)O)cc1CC1CCN(C(=O)Cc2nonc2C)C1. The highest BCUT2D eigenvalue weighted by molar-refractivity contribution is 5.88. The first-order valence-corrected chi connectivity index (χ1v) is 8.44. The minimum Gasteiger partial charge on any atom is -0.496 e. The van der Waals surface area contributed by atoms with Crippen LogP contribution in [0, 0.1) is 12.8 Å². The molecule has 1 aromatic heterocycles. The van der Waals surface area contributed by atoms with E-state index in [0.29, 0.717) is 36.6 Å². The fourth-order valence-corrected chi connectivity index (χ4v) is 3.27. The molecule has 2 aromatic rings. The van der Waals surface area contributed by atoms with E-state index in [1.54, 1.807) is 26.2 Å². The molecule has 1 N–H and O–H groups in total. The predicted molar refractivity (Wildman–Crippen MR) is 91.1 cm³/mol. The lowest BCUT2D eigenvalue weighted by atomic mass is 9.96. The van der Waals surface area contributed by atoms with Crippen molar-refractivity contribution in [2.24, 2.45) is 5.92 Å². The molecule has 138 valence electrons. The zero-order valence-electron chi connectivity index (χ0n) is 14.8. The van der Waals surface area contributed by atoms with Crippen molar-refractivity contribution >= 4 is 11.9 Å². The third-order valence-electron chi connectivity index (χ3n) is 4.74. The van der Waals surface area contributed by atoms with Crippen LogP contribution in [0.3, 0.4) is 0 Å². The first kappa shape index (κ1) is 17.9. The van der Waals surface area contributed by atoms with Gasteiger partial charge in [0.15, 0.2) is 0 Å². The number of benzene rings is 1. The summed E-state index contributed by atoms with van der Waals surface area (Å²) in [5, 5.41) is 16.6. The second-order valence-electron chi connectivity index (χ2n) is 6.50. The minimum absolute atomic E-state index is 0.00227. The van der Waals surface area contributed by atoms with Crippen LogP contribution >= 0.6 is 0 Å². The van der Waals surface area contributed by atoms with E-state index in [1.807, 2.05) is 4.90 Å². The molecule has 3 rings (SSSR count). The van der Waals surface area contributed by atoms with Gasteiger partial charge < -0.3 is 14.7 Å². The highest BCUT2D eigenvalue weighted by Gasteiger charge is 2.28. The first-order chi connectivity index (χ1) is 12.5. The Labute approximate surface area is 150 Å². The van der Waals surface area contributed by atoms with Crippen molar-refractivity contribution in [1.29, 1.82) is 0 Å². The molecule has 1 aliphatic rings. The van der Waals surface area contributed by atoms with Gasteiger partial charge in [-0.15, -0.1) is 0 Å². The monoisotopic (exact) mass is 359 g/mol. The van der Waals surface area contributed by atoms with Crippen LogP contribution in [0.5, 0.6) is 5.75 Å². The summed E-state index contributed by atoms with van der Waals surface area (Å²) in [5.41, 5.74) is 2.28. The van der Waals surface area contributed by atoms with Crippen LogP contribution in [0.25, 0.3) is 0 Å². The number of carbonyl (C=O) groups is 2. The Morgan fingerprint density at radius 3 is 2.85 bits per heavy atom. The number of aromatic carboxylic acids is 1. The van der Waals surface area contributed by atoms with Crippen molar-refractivity contribution in [3.05, 3.63) is 40.7 Å². The van der Waals surface area contributed by atoms with Crippen LogP contribution < -0.4 is 4.74 Å². The minimum atomic E-state index is -0.964. The van der Waals surface area contributed by atoms with E-state index in [-0.39, 0.29) is 23.8 Å². The molecule has 0 aliphatic carbocycles. The molecule has 26 heavy (non-hydrogen) atoms. The third kappa shape index (κ3) is 3.84. The van der Waals surface area contributed by atoms with Gasteiger partial charge in [-0.05, 0) is 49.4 Å². The number of amides is 1. The number of likely N-dealkylation sites (tertiary alicyclic amines) is 1. The van der Waals surface area contributed by atoms with Gasteiger partial charge in [0.25, 0.3) is 0 Å². The maximum atomic E-state index is 12.4. The van der Waals surface area contributed by atoms with E-state index in [4.69, 9.17) is 4.74 Å². The summed E-state index contributed by atoms with van der Waals surface area (Å²) in [6, 6.07) is 4.86. The van der Waals surface area contributed by atoms with Crippen molar-refractivity contribution in [2.75, 3.05) is 20.2 Å². The van der Waals surface area contributed by atoms with Gasteiger partial charge in [0.05, 0.1) is 19.1 Å². The van der Waals surface area contributed by atoms with E-state index >= 15 is 0 Å². The first-order valence-electron chi connectivity index (χ1n) is 8.44. The van der Waals surface area contributed by atoms with E-state index in [1.165, 1.54) is 6.07 Å².